The van der Waals surface area contributed by atoms with Crippen LogP contribution in [-0.2, 0) is 26.8 Å². The number of esters is 1. The van der Waals surface area contributed by atoms with E-state index in [1.54, 1.807) is 31.4 Å². The number of furan rings is 1. The number of carbonyl (C=O) groups excluding carboxylic acids is 1. The third-order valence-electron chi connectivity index (χ3n) is 2.57. The summed E-state index contributed by atoms with van der Waals surface area (Å²) in [7, 11) is -1.27. The molecule has 19 heavy (non-hydrogen) atoms. The molecular formula is C13H13ClO4S. The summed E-state index contributed by atoms with van der Waals surface area (Å²) in [4.78, 5) is 12.0. The Morgan fingerprint density at radius 1 is 1.47 bits per heavy atom. The van der Waals surface area contributed by atoms with Crippen LogP contribution in [0.15, 0.2) is 27.5 Å². The molecule has 1 aromatic carbocycles. The van der Waals surface area contributed by atoms with Gasteiger partial charge in [-0.3, -0.25) is 9.00 Å². The third-order valence-corrected chi connectivity index (χ3v) is 3.83. The van der Waals surface area contributed by atoms with Gasteiger partial charge in [0.15, 0.2) is 0 Å². The van der Waals surface area contributed by atoms with E-state index >= 15 is 0 Å². The highest BCUT2D eigenvalue weighted by Crippen LogP contribution is 2.31. The van der Waals surface area contributed by atoms with Crippen LogP contribution in [0, 0.1) is 0 Å². The van der Waals surface area contributed by atoms with E-state index in [1.807, 2.05) is 0 Å². The molecule has 0 fully saturated rings. The lowest BCUT2D eigenvalue weighted by molar-refractivity contribution is -0.142. The van der Waals surface area contributed by atoms with Crippen molar-refractivity contribution in [2.75, 3.05) is 12.9 Å². The van der Waals surface area contributed by atoms with Gasteiger partial charge in [-0.05, 0) is 25.1 Å². The van der Waals surface area contributed by atoms with Crippen molar-refractivity contribution >= 4 is 39.3 Å². The molecule has 102 valence electrons. The predicted molar refractivity (Wildman–Crippen MR) is 73.9 cm³/mol. The summed E-state index contributed by atoms with van der Waals surface area (Å²) in [5, 5.41) is 1.20. The van der Waals surface area contributed by atoms with Gasteiger partial charge in [0.1, 0.15) is 17.8 Å². The van der Waals surface area contributed by atoms with E-state index in [9.17, 15) is 9.00 Å². The fraction of sp³-hybridized carbons (Fsp3) is 0.308. The van der Waals surface area contributed by atoms with Crippen molar-refractivity contribution in [3.05, 3.63) is 29.0 Å². The molecule has 0 bridgehead atoms. The summed E-state index contributed by atoms with van der Waals surface area (Å²) < 4.78 is 22.3. The van der Waals surface area contributed by atoms with Crippen LogP contribution >= 0.6 is 11.6 Å². The maximum Gasteiger partial charge on any atom is 0.313 e. The molecule has 0 aliphatic carbocycles. The van der Waals surface area contributed by atoms with Crippen LogP contribution in [0.4, 0.5) is 0 Å². The van der Waals surface area contributed by atoms with Crippen molar-refractivity contribution in [2.24, 2.45) is 0 Å². The summed E-state index contributed by atoms with van der Waals surface area (Å²) in [5.74, 6) is -0.0316. The number of halogens is 1. The average molecular weight is 301 g/mol. The summed E-state index contributed by atoms with van der Waals surface area (Å²) in [6.45, 7) is 2.03. The minimum Gasteiger partial charge on any atom is -0.466 e. The van der Waals surface area contributed by atoms with Gasteiger partial charge in [0, 0.05) is 16.7 Å². The maximum absolute atomic E-state index is 11.8. The van der Waals surface area contributed by atoms with E-state index in [0.29, 0.717) is 33.3 Å². The lowest BCUT2D eigenvalue weighted by atomic mass is 10.2. The molecule has 0 saturated heterocycles. The minimum absolute atomic E-state index is 0.0327. The molecule has 0 aliphatic rings. The fourth-order valence-corrected chi connectivity index (χ4v) is 2.95. The van der Waals surface area contributed by atoms with Crippen LogP contribution in [0.5, 0.6) is 0 Å². The Hall–Kier alpha value is -1.33. The molecule has 2 aromatic rings. The first-order valence-corrected chi connectivity index (χ1v) is 7.66. The summed E-state index contributed by atoms with van der Waals surface area (Å²) >= 11 is 5.93. The number of fused-ring (bicyclic) bond motifs is 1. The third kappa shape index (κ3) is 2.98. The molecule has 0 aliphatic heterocycles. The van der Waals surface area contributed by atoms with E-state index < -0.39 is 16.8 Å². The first-order chi connectivity index (χ1) is 9.02. The molecule has 6 heteroatoms. The Bertz CT molecular complexity index is 647. The number of carbonyl (C=O) groups is 1. The molecule has 1 heterocycles. The number of rotatable bonds is 4. The molecule has 1 atom stereocenters. The molecule has 0 N–H and O–H groups in total. The normalized spacial score (nSPS) is 12.6. The van der Waals surface area contributed by atoms with Gasteiger partial charge >= 0.3 is 5.97 Å². The van der Waals surface area contributed by atoms with Gasteiger partial charge in [0.25, 0.3) is 0 Å². The van der Waals surface area contributed by atoms with E-state index in [0.717, 1.165) is 0 Å². The first-order valence-electron chi connectivity index (χ1n) is 5.73. The van der Waals surface area contributed by atoms with Crippen molar-refractivity contribution in [2.45, 2.75) is 18.2 Å². The second kappa shape index (κ2) is 5.75. The number of hydrogen-bond acceptors (Lipinski definition) is 4. The fourth-order valence-electron chi connectivity index (χ4n) is 1.87. The second-order valence-electron chi connectivity index (χ2n) is 3.93. The van der Waals surface area contributed by atoms with E-state index in [2.05, 4.69) is 0 Å². The Morgan fingerprint density at radius 2 is 2.21 bits per heavy atom. The molecule has 2 rings (SSSR count). The lowest BCUT2D eigenvalue weighted by Crippen LogP contribution is -2.08. The highest BCUT2D eigenvalue weighted by Gasteiger charge is 2.20. The topological polar surface area (TPSA) is 56.5 Å². The highest BCUT2D eigenvalue weighted by atomic mass is 35.5. The average Bonchev–Trinajstić information content (AvgIpc) is 2.66. The monoisotopic (exact) mass is 300 g/mol. The predicted octanol–water partition coefficient (Wildman–Crippen LogP) is 2.93. The van der Waals surface area contributed by atoms with Crippen molar-refractivity contribution < 1.29 is 18.2 Å². The largest absolute Gasteiger partial charge is 0.466 e. The molecule has 4 nitrogen and oxygen atoms in total. The van der Waals surface area contributed by atoms with Gasteiger partial charge in [0.2, 0.25) is 0 Å². The maximum atomic E-state index is 11.8. The van der Waals surface area contributed by atoms with Crippen LogP contribution in [0.25, 0.3) is 11.0 Å². The zero-order chi connectivity index (χ0) is 14.0. The quantitative estimate of drug-likeness (QED) is 0.815. The zero-order valence-electron chi connectivity index (χ0n) is 10.6. The molecule has 1 unspecified atom stereocenters. The zero-order valence-corrected chi connectivity index (χ0v) is 12.1. The van der Waals surface area contributed by atoms with Crippen LogP contribution < -0.4 is 0 Å². The molecule has 0 saturated carbocycles. The van der Waals surface area contributed by atoms with Crippen molar-refractivity contribution in [1.82, 2.24) is 0 Å². The standard InChI is InChI=1S/C13H13ClO4S/c1-3-17-12(15)7-11-13(19(2)16)9-6-8(14)4-5-10(9)18-11/h4-6H,3,7H2,1-2H3. The van der Waals surface area contributed by atoms with Gasteiger partial charge < -0.3 is 9.15 Å². The van der Waals surface area contributed by atoms with Crippen LogP contribution in [0.1, 0.15) is 12.7 Å². The Kier molecular flexibility index (Phi) is 4.27. The summed E-state index contributed by atoms with van der Waals surface area (Å²) in [6, 6.07) is 5.07. The van der Waals surface area contributed by atoms with Gasteiger partial charge in [-0.2, -0.15) is 0 Å². The van der Waals surface area contributed by atoms with Gasteiger partial charge in [-0.15, -0.1) is 0 Å². The van der Waals surface area contributed by atoms with Crippen molar-refractivity contribution in [3.63, 3.8) is 0 Å². The number of benzene rings is 1. The molecular weight excluding hydrogens is 288 g/mol. The van der Waals surface area contributed by atoms with E-state index in [-0.39, 0.29) is 6.42 Å². The lowest BCUT2D eigenvalue weighted by Gasteiger charge is -2.01. The van der Waals surface area contributed by atoms with Crippen molar-refractivity contribution in [3.8, 4) is 0 Å². The van der Waals surface area contributed by atoms with Gasteiger partial charge in [-0.25, -0.2) is 0 Å². The highest BCUT2D eigenvalue weighted by molar-refractivity contribution is 7.84. The van der Waals surface area contributed by atoms with Crippen LogP contribution in [0.2, 0.25) is 5.02 Å². The molecule has 0 amide bonds. The van der Waals surface area contributed by atoms with E-state index in [1.165, 1.54) is 0 Å². The van der Waals surface area contributed by atoms with Crippen molar-refractivity contribution in [1.29, 1.82) is 0 Å². The number of hydrogen-bond donors (Lipinski definition) is 0. The number of ether oxygens (including phenoxy) is 1. The Morgan fingerprint density at radius 3 is 2.84 bits per heavy atom. The first kappa shape index (κ1) is 14.1. The Balaban J connectivity index is 2.51. The summed E-state index contributed by atoms with van der Waals surface area (Å²) in [5.41, 5.74) is 0.564. The van der Waals surface area contributed by atoms with Crippen LogP contribution in [0.3, 0.4) is 0 Å². The van der Waals surface area contributed by atoms with Crippen LogP contribution in [-0.4, -0.2) is 23.0 Å². The molecule has 0 spiro atoms. The van der Waals surface area contributed by atoms with Gasteiger partial charge in [-0.1, -0.05) is 11.6 Å². The smallest absolute Gasteiger partial charge is 0.313 e. The second-order valence-corrected chi connectivity index (χ2v) is 5.68. The van der Waals surface area contributed by atoms with Gasteiger partial charge in [0.05, 0.1) is 22.3 Å². The molecule has 1 aromatic heterocycles. The summed E-state index contributed by atoms with van der Waals surface area (Å²) in [6.07, 6.45) is 1.51. The molecule has 0 radical (unpaired) electrons. The minimum atomic E-state index is -1.27. The Labute approximate surface area is 118 Å². The van der Waals surface area contributed by atoms with E-state index in [4.69, 9.17) is 20.8 Å². The SMILES string of the molecule is CCOC(=O)Cc1oc2ccc(Cl)cc2c1S(C)=O.